The van der Waals surface area contributed by atoms with Gasteiger partial charge in [0.25, 0.3) is 5.91 Å². The Bertz CT molecular complexity index is 679. The second-order valence-electron chi connectivity index (χ2n) is 4.32. The standard InChI is InChI=1S/C16H15FN2O3/c1-21-13-7-12(8-14(9-13)22-2)16(20)19-18-10-11-5-3-4-6-15(11)17/h3-10H,1-2H3,(H,19,20)/b18-10-. The number of halogens is 1. The van der Waals surface area contributed by atoms with E-state index in [-0.39, 0.29) is 5.56 Å². The van der Waals surface area contributed by atoms with Crippen LogP contribution >= 0.6 is 0 Å². The molecule has 0 aromatic heterocycles. The third kappa shape index (κ3) is 3.82. The third-order valence-electron chi connectivity index (χ3n) is 2.89. The highest BCUT2D eigenvalue weighted by atomic mass is 19.1. The van der Waals surface area contributed by atoms with E-state index in [1.807, 2.05) is 0 Å². The van der Waals surface area contributed by atoms with Gasteiger partial charge >= 0.3 is 0 Å². The van der Waals surface area contributed by atoms with Crippen molar-refractivity contribution < 1.29 is 18.7 Å². The van der Waals surface area contributed by atoms with Crippen molar-refractivity contribution in [3.05, 3.63) is 59.4 Å². The smallest absolute Gasteiger partial charge is 0.271 e. The van der Waals surface area contributed by atoms with Crippen molar-refractivity contribution in [1.82, 2.24) is 5.43 Å². The summed E-state index contributed by atoms with van der Waals surface area (Å²) in [7, 11) is 2.99. The third-order valence-corrected chi connectivity index (χ3v) is 2.89. The number of carbonyl (C=O) groups is 1. The van der Waals surface area contributed by atoms with Crippen LogP contribution in [0.2, 0.25) is 0 Å². The number of benzene rings is 2. The maximum atomic E-state index is 13.4. The van der Waals surface area contributed by atoms with Crippen LogP contribution in [0.5, 0.6) is 11.5 Å². The van der Waals surface area contributed by atoms with Gasteiger partial charge in [0, 0.05) is 17.2 Å². The highest BCUT2D eigenvalue weighted by Gasteiger charge is 2.09. The van der Waals surface area contributed by atoms with Crippen molar-refractivity contribution in [1.29, 1.82) is 0 Å². The lowest BCUT2D eigenvalue weighted by atomic mass is 10.2. The van der Waals surface area contributed by atoms with Crippen molar-refractivity contribution in [3.8, 4) is 11.5 Å². The summed E-state index contributed by atoms with van der Waals surface area (Å²) >= 11 is 0. The lowest BCUT2D eigenvalue weighted by Gasteiger charge is -2.07. The lowest BCUT2D eigenvalue weighted by molar-refractivity contribution is 0.0954. The second-order valence-corrected chi connectivity index (χ2v) is 4.32. The van der Waals surface area contributed by atoms with Gasteiger partial charge in [-0.15, -0.1) is 0 Å². The molecule has 0 saturated heterocycles. The molecule has 5 nitrogen and oxygen atoms in total. The zero-order chi connectivity index (χ0) is 15.9. The van der Waals surface area contributed by atoms with Crippen LogP contribution in [0.1, 0.15) is 15.9 Å². The van der Waals surface area contributed by atoms with Gasteiger partial charge in [-0.05, 0) is 18.2 Å². The van der Waals surface area contributed by atoms with E-state index in [2.05, 4.69) is 10.5 Å². The summed E-state index contributed by atoms with van der Waals surface area (Å²) in [6, 6.07) is 10.9. The van der Waals surface area contributed by atoms with Crippen molar-refractivity contribution in [3.63, 3.8) is 0 Å². The number of amides is 1. The molecule has 0 saturated carbocycles. The Kier molecular flexibility index (Phi) is 5.08. The molecule has 2 rings (SSSR count). The van der Waals surface area contributed by atoms with E-state index < -0.39 is 11.7 Å². The van der Waals surface area contributed by atoms with Gasteiger partial charge in [0.15, 0.2) is 0 Å². The van der Waals surface area contributed by atoms with E-state index in [9.17, 15) is 9.18 Å². The molecule has 6 heteroatoms. The Morgan fingerprint density at radius 2 is 1.77 bits per heavy atom. The van der Waals surface area contributed by atoms with Crippen molar-refractivity contribution in [2.75, 3.05) is 14.2 Å². The number of nitrogens with one attached hydrogen (secondary N) is 1. The maximum Gasteiger partial charge on any atom is 0.271 e. The molecule has 2 aromatic carbocycles. The molecule has 0 radical (unpaired) electrons. The molecule has 1 amide bonds. The first-order chi connectivity index (χ1) is 10.6. The Morgan fingerprint density at radius 1 is 1.14 bits per heavy atom. The number of hydrogen-bond acceptors (Lipinski definition) is 4. The van der Waals surface area contributed by atoms with Crippen LogP contribution in [0, 0.1) is 5.82 Å². The van der Waals surface area contributed by atoms with Gasteiger partial charge in [0.1, 0.15) is 17.3 Å². The zero-order valence-electron chi connectivity index (χ0n) is 12.2. The van der Waals surface area contributed by atoms with E-state index in [1.165, 1.54) is 26.5 Å². The molecule has 1 N–H and O–H groups in total. The molecule has 0 aliphatic rings. The molecule has 0 spiro atoms. The van der Waals surface area contributed by atoms with E-state index >= 15 is 0 Å². The molecule has 0 bridgehead atoms. The fraction of sp³-hybridized carbons (Fsp3) is 0.125. The minimum absolute atomic E-state index is 0.283. The molecular weight excluding hydrogens is 287 g/mol. The second kappa shape index (κ2) is 7.21. The monoisotopic (exact) mass is 302 g/mol. The normalized spacial score (nSPS) is 10.5. The first kappa shape index (κ1) is 15.5. The maximum absolute atomic E-state index is 13.4. The largest absolute Gasteiger partial charge is 0.497 e. The molecule has 0 unspecified atom stereocenters. The number of rotatable bonds is 5. The van der Waals surface area contributed by atoms with E-state index in [0.717, 1.165) is 0 Å². The van der Waals surface area contributed by atoms with Gasteiger partial charge < -0.3 is 9.47 Å². The molecule has 0 aliphatic carbocycles. The Hall–Kier alpha value is -2.89. The highest BCUT2D eigenvalue weighted by Crippen LogP contribution is 2.22. The van der Waals surface area contributed by atoms with Crippen LogP contribution in [0.3, 0.4) is 0 Å². The molecule has 114 valence electrons. The predicted molar refractivity (Wildman–Crippen MR) is 81.0 cm³/mol. The van der Waals surface area contributed by atoms with Crippen LogP contribution < -0.4 is 14.9 Å². The van der Waals surface area contributed by atoms with Crippen LogP contribution in [0.15, 0.2) is 47.6 Å². The van der Waals surface area contributed by atoms with E-state index in [4.69, 9.17) is 9.47 Å². The fourth-order valence-corrected chi connectivity index (χ4v) is 1.74. The summed E-state index contributed by atoms with van der Waals surface area (Å²) < 4.78 is 23.6. The molecule has 0 atom stereocenters. The quantitative estimate of drug-likeness (QED) is 0.682. The number of carbonyl (C=O) groups excluding carboxylic acids is 1. The molecule has 0 fully saturated rings. The number of hydrogen-bond donors (Lipinski definition) is 1. The number of nitrogens with zero attached hydrogens (tertiary/aromatic N) is 1. The number of hydrazone groups is 1. The average Bonchev–Trinajstić information content (AvgIpc) is 2.55. The van der Waals surface area contributed by atoms with Gasteiger partial charge in [-0.3, -0.25) is 4.79 Å². The average molecular weight is 302 g/mol. The SMILES string of the molecule is COc1cc(OC)cc(C(=O)N/N=C\c2ccccc2F)c1. The van der Waals surface area contributed by atoms with Gasteiger partial charge in [0.05, 0.1) is 20.4 Å². The Morgan fingerprint density at radius 3 is 2.36 bits per heavy atom. The summed E-state index contributed by atoms with van der Waals surface area (Å²) in [5.41, 5.74) is 2.93. The van der Waals surface area contributed by atoms with Crippen LogP contribution in [0.4, 0.5) is 4.39 Å². The fourth-order valence-electron chi connectivity index (χ4n) is 1.74. The van der Waals surface area contributed by atoms with Crippen LogP contribution in [0.25, 0.3) is 0 Å². The van der Waals surface area contributed by atoms with Crippen molar-refractivity contribution >= 4 is 12.1 Å². The van der Waals surface area contributed by atoms with Crippen molar-refractivity contribution in [2.45, 2.75) is 0 Å². The highest BCUT2D eigenvalue weighted by molar-refractivity contribution is 5.95. The molecule has 0 aliphatic heterocycles. The van der Waals surface area contributed by atoms with Crippen LogP contribution in [-0.2, 0) is 0 Å². The molecule has 22 heavy (non-hydrogen) atoms. The Balaban J connectivity index is 2.11. The first-order valence-electron chi connectivity index (χ1n) is 6.45. The summed E-state index contributed by atoms with van der Waals surface area (Å²) in [4.78, 5) is 12.0. The summed E-state index contributed by atoms with van der Waals surface area (Å²) in [6.45, 7) is 0. The van der Waals surface area contributed by atoms with Gasteiger partial charge in [-0.1, -0.05) is 18.2 Å². The topological polar surface area (TPSA) is 59.9 Å². The van der Waals surface area contributed by atoms with Gasteiger partial charge in [-0.2, -0.15) is 5.10 Å². The lowest BCUT2D eigenvalue weighted by Crippen LogP contribution is -2.17. The summed E-state index contributed by atoms with van der Waals surface area (Å²) in [6.07, 6.45) is 1.24. The van der Waals surface area contributed by atoms with Gasteiger partial charge in [-0.25, -0.2) is 9.82 Å². The minimum atomic E-state index is -0.454. The van der Waals surface area contributed by atoms with Gasteiger partial charge in [0.2, 0.25) is 0 Å². The summed E-state index contributed by atoms with van der Waals surface area (Å²) in [5, 5.41) is 3.74. The first-order valence-corrected chi connectivity index (χ1v) is 6.45. The van der Waals surface area contributed by atoms with E-state index in [0.29, 0.717) is 17.1 Å². The minimum Gasteiger partial charge on any atom is -0.497 e. The van der Waals surface area contributed by atoms with Crippen LogP contribution in [-0.4, -0.2) is 26.3 Å². The van der Waals surface area contributed by atoms with E-state index in [1.54, 1.807) is 36.4 Å². The number of ether oxygens (including phenoxy) is 2. The summed E-state index contributed by atoms with van der Waals surface area (Å²) in [5.74, 6) is 0.110. The molecular formula is C16H15FN2O3. The van der Waals surface area contributed by atoms with Crippen molar-refractivity contribution in [2.24, 2.45) is 5.10 Å². The number of methoxy groups -OCH3 is 2. The zero-order valence-corrected chi connectivity index (χ0v) is 12.2. The predicted octanol–water partition coefficient (Wildman–Crippen LogP) is 2.61. The molecule has 0 heterocycles. The Labute approximate surface area is 127 Å². The molecule has 2 aromatic rings.